The van der Waals surface area contributed by atoms with Gasteiger partial charge in [-0.25, -0.2) is 0 Å². The lowest BCUT2D eigenvalue weighted by Crippen LogP contribution is -2.30. The Labute approximate surface area is 90.9 Å². The summed E-state index contributed by atoms with van der Waals surface area (Å²) in [6, 6.07) is 10.3. The molecule has 1 aliphatic rings. The Balaban J connectivity index is 2.08. The lowest BCUT2D eigenvalue weighted by molar-refractivity contribution is 0.470. The number of aliphatic imine (C=N–C) groups is 1. The first kappa shape index (κ1) is 9.97. The number of hydrogen-bond acceptors (Lipinski definition) is 2. The van der Waals surface area contributed by atoms with Crippen molar-refractivity contribution in [1.82, 2.24) is 4.90 Å². The summed E-state index contributed by atoms with van der Waals surface area (Å²) in [5, 5.41) is 0. The third-order valence-corrected chi connectivity index (χ3v) is 2.54. The minimum atomic E-state index is 0.957. The summed E-state index contributed by atoms with van der Waals surface area (Å²) < 4.78 is 0. The molecule has 0 radical (unpaired) electrons. The molecule has 0 saturated heterocycles. The van der Waals surface area contributed by atoms with Crippen molar-refractivity contribution in [2.45, 2.75) is 6.42 Å². The minimum Gasteiger partial charge on any atom is -0.360 e. The molecular weight excluding hydrogens is 184 g/mol. The van der Waals surface area contributed by atoms with Gasteiger partial charge >= 0.3 is 0 Å². The lowest BCUT2D eigenvalue weighted by Gasteiger charge is -2.22. The highest BCUT2D eigenvalue weighted by Crippen LogP contribution is 2.05. The van der Waals surface area contributed by atoms with E-state index in [1.54, 1.807) is 0 Å². The summed E-state index contributed by atoms with van der Waals surface area (Å²) in [6.45, 7) is 2.07. The van der Waals surface area contributed by atoms with Crippen molar-refractivity contribution in [3.63, 3.8) is 0 Å². The summed E-state index contributed by atoms with van der Waals surface area (Å²) in [7, 11) is 2.09. The van der Waals surface area contributed by atoms with E-state index in [-0.39, 0.29) is 0 Å². The first-order chi connectivity index (χ1) is 7.36. The number of rotatable bonds is 2. The Morgan fingerprint density at radius 2 is 2.00 bits per heavy atom. The molecule has 2 rings (SSSR count). The SMILES string of the molecule is CN1CCCN=C1/C=C/c1ccccc1. The number of nitrogens with zero attached hydrogens (tertiary/aromatic N) is 2. The summed E-state index contributed by atoms with van der Waals surface area (Å²) >= 11 is 0. The van der Waals surface area contributed by atoms with E-state index in [2.05, 4.69) is 41.2 Å². The molecule has 2 heteroatoms. The van der Waals surface area contributed by atoms with Crippen LogP contribution < -0.4 is 0 Å². The van der Waals surface area contributed by atoms with Crippen LogP contribution in [0, 0.1) is 0 Å². The second-order valence-electron chi connectivity index (χ2n) is 3.76. The molecule has 0 aromatic heterocycles. The van der Waals surface area contributed by atoms with Gasteiger partial charge < -0.3 is 4.90 Å². The van der Waals surface area contributed by atoms with E-state index >= 15 is 0 Å². The zero-order chi connectivity index (χ0) is 10.5. The largest absolute Gasteiger partial charge is 0.360 e. The van der Waals surface area contributed by atoms with Gasteiger partial charge in [0.25, 0.3) is 0 Å². The Morgan fingerprint density at radius 3 is 2.73 bits per heavy atom. The molecule has 0 N–H and O–H groups in total. The second-order valence-corrected chi connectivity index (χ2v) is 3.76. The van der Waals surface area contributed by atoms with Crippen LogP contribution in [0.1, 0.15) is 12.0 Å². The van der Waals surface area contributed by atoms with Crippen molar-refractivity contribution in [1.29, 1.82) is 0 Å². The van der Waals surface area contributed by atoms with Crippen molar-refractivity contribution in [3.8, 4) is 0 Å². The van der Waals surface area contributed by atoms with Gasteiger partial charge in [0.1, 0.15) is 5.84 Å². The van der Waals surface area contributed by atoms with E-state index in [1.165, 1.54) is 12.0 Å². The molecule has 1 aromatic rings. The number of hydrogen-bond donors (Lipinski definition) is 0. The standard InChI is InChI=1S/C13H16N2/c1-15-11-5-10-14-13(15)9-8-12-6-3-2-4-7-12/h2-4,6-9H,5,10-11H2,1H3/b9-8+. The van der Waals surface area contributed by atoms with Crippen LogP contribution in [0.3, 0.4) is 0 Å². The molecule has 78 valence electrons. The number of amidine groups is 1. The average Bonchev–Trinajstić information content (AvgIpc) is 2.29. The van der Waals surface area contributed by atoms with E-state index in [4.69, 9.17) is 0 Å². The lowest BCUT2D eigenvalue weighted by atomic mass is 10.2. The van der Waals surface area contributed by atoms with E-state index in [0.717, 1.165) is 18.9 Å². The highest BCUT2D eigenvalue weighted by Gasteiger charge is 2.06. The molecule has 0 aliphatic carbocycles. The van der Waals surface area contributed by atoms with Gasteiger partial charge in [-0.2, -0.15) is 0 Å². The minimum absolute atomic E-state index is 0.957. The summed E-state index contributed by atoms with van der Waals surface area (Å²) in [5.41, 5.74) is 1.22. The predicted molar refractivity (Wildman–Crippen MR) is 65.0 cm³/mol. The molecular formula is C13H16N2. The van der Waals surface area contributed by atoms with E-state index in [1.807, 2.05) is 18.2 Å². The van der Waals surface area contributed by atoms with Crippen LogP contribution in [-0.2, 0) is 0 Å². The molecule has 1 heterocycles. The maximum atomic E-state index is 4.48. The van der Waals surface area contributed by atoms with Crippen LogP contribution >= 0.6 is 0 Å². The van der Waals surface area contributed by atoms with Gasteiger partial charge in [-0.1, -0.05) is 36.4 Å². The first-order valence-corrected chi connectivity index (χ1v) is 5.35. The van der Waals surface area contributed by atoms with Crippen molar-refractivity contribution in [2.24, 2.45) is 4.99 Å². The topological polar surface area (TPSA) is 15.6 Å². The van der Waals surface area contributed by atoms with Crippen LogP contribution in [0.25, 0.3) is 6.08 Å². The van der Waals surface area contributed by atoms with Gasteiger partial charge in [0, 0.05) is 20.1 Å². The van der Waals surface area contributed by atoms with Crippen molar-refractivity contribution in [2.75, 3.05) is 20.1 Å². The van der Waals surface area contributed by atoms with Crippen LogP contribution in [0.2, 0.25) is 0 Å². The molecule has 0 fully saturated rings. The third-order valence-electron chi connectivity index (χ3n) is 2.54. The molecule has 0 unspecified atom stereocenters. The van der Waals surface area contributed by atoms with Gasteiger partial charge in [0.05, 0.1) is 0 Å². The van der Waals surface area contributed by atoms with Gasteiger partial charge in [-0.05, 0) is 18.1 Å². The maximum absolute atomic E-state index is 4.48. The fourth-order valence-electron chi connectivity index (χ4n) is 1.65. The van der Waals surface area contributed by atoms with E-state index in [9.17, 15) is 0 Å². The van der Waals surface area contributed by atoms with Crippen LogP contribution in [0.15, 0.2) is 41.4 Å². The first-order valence-electron chi connectivity index (χ1n) is 5.35. The molecule has 1 aromatic carbocycles. The normalized spacial score (nSPS) is 16.9. The van der Waals surface area contributed by atoms with Crippen molar-refractivity contribution in [3.05, 3.63) is 42.0 Å². The third kappa shape index (κ3) is 2.69. The van der Waals surface area contributed by atoms with Gasteiger partial charge in [0.2, 0.25) is 0 Å². The van der Waals surface area contributed by atoms with E-state index < -0.39 is 0 Å². The van der Waals surface area contributed by atoms with Crippen molar-refractivity contribution < 1.29 is 0 Å². The zero-order valence-electron chi connectivity index (χ0n) is 9.06. The van der Waals surface area contributed by atoms with Crippen LogP contribution in [0.5, 0.6) is 0 Å². The average molecular weight is 200 g/mol. The van der Waals surface area contributed by atoms with Crippen LogP contribution in [0.4, 0.5) is 0 Å². The van der Waals surface area contributed by atoms with Crippen molar-refractivity contribution >= 4 is 11.9 Å². The molecule has 0 atom stereocenters. The summed E-state index contributed by atoms with van der Waals surface area (Å²) in [6.07, 6.45) is 5.37. The molecule has 0 bridgehead atoms. The number of benzene rings is 1. The molecule has 15 heavy (non-hydrogen) atoms. The predicted octanol–water partition coefficient (Wildman–Crippen LogP) is 2.43. The van der Waals surface area contributed by atoms with E-state index in [0.29, 0.717) is 0 Å². The molecule has 0 saturated carbocycles. The summed E-state index contributed by atoms with van der Waals surface area (Å²) in [4.78, 5) is 6.68. The Morgan fingerprint density at radius 1 is 1.20 bits per heavy atom. The molecule has 0 spiro atoms. The zero-order valence-corrected chi connectivity index (χ0v) is 9.06. The summed E-state index contributed by atoms with van der Waals surface area (Å²) in [5.74, 6) is 1.09. The molecule has 2 nitrogen and oxygen atoms in total. The number of likely N-dealkylation sites (N-methyl/N-ethyl adjacent to an activating group) is 1. The monoisotopic (exact) mass is 200 g/mol. The fraction of sp³-hybridized carbons (Fsp3) is 0.308. The second kappa shape index (κ2) is 4.78. The quantitative estimate of drug-likeness (QED) is 0.716. The molecule has 0 amide bonds. The smallest absolute Gasteiger partial charge is 0.123 e. The Kier molecular flexibility index (Phi) is 3.18. The Bertz CT molecular complexity index is 365. The highest BCUT2D eigenvalue weighted by molar-refractivity contribution is 5.96. The van der Waals surface area contributed by atoms with Gasteiger partial charge in [0.15, 0.2) is 0 Å². The molecule has 1 aliphatic heterocycles. The maximum Gasteiger partial charge on any atom is 0.123 e. The Hall–Kier alpha value is -1.57. The van der Waals surface area contributed by atoms with Crippen LogP contribution in [-0.4, -0.2) is 30.9 Å². The fourth-order valence-corrected chi connectivity index (χ4v) is 1.65. The van der Waals surface area contributed by atoms with Gasteiger partial charge in [-0.3, -0.25) is 4.99 Å². The highest BCUT2D eigenvalue weighted by atomic mass is 15.2. The van der Waals surface area contributed by atoms with Gasteiger partial charge in [-0.15, -0.1) is 0 Å².